The van der Waals surface area contributed by atoms with Crippen LogP contribution in [0, 0.1) is 0 Å². The lowest BCUT2D eigenvalue weighted by atomic mass is 10.1. The number of nitrogens with one attached hydrogen (secondary N) is 1. The third kappa shape index (κ3) is 2.86. The molecule has 0 saturated heterocycles. The number of fused-ring (bicyclic) bond motifs is 4. The maximum Gasteiger partial charge on any atom is 0.322 e. The number of carboxylic acids is 1. The summed E-state index contributed by atoms with van der Waals surface area (Å²) < 4.78 is 1.49. The summed E-state index contributed by atoms with van der Waals surface area (Å²) in [5.74, 6) is -1.29. The van der Waals surface area contributed by atoms with Crippen molar-refractivity contribution in [3.05, 3.63) is 70.3 Å². The van der Waals surface area contributed by atoms with Gasteiger partial charge in [0.2, 0.25) is 5.91 Å². The molecule has 0 saturated carbocycles. The number of nitrogens with zero attached hydrogens (tertiary/aromatic N) is 3. The smallest absolute Gasteiger partial charge is 0.322 e. The zero-order valence-corrected chi connectivity index (χ0v) is 14.0. The van der Waals surface area contributed by atoms with Gasteiger partial charge in [0.05, 0.1) is 16.6 Å². The highest BCUT2D eigenvalue weighted by Crippen LogP contribution is 2.26. The molecule has 4 rings (SSSR count). The van der Waals surface area contributed by atoms with Gasteiger partial charge in [-0.2, -0.15) is 0 Å². The van der Waals surface area contributed by atoms with Gasteiger partial charge in [-0.15, -0.1) is 0 Å². The van der Waals surface area contributed by atoms with E-state index in [0.29, 0.717) is 33.7 Å². The van der Waals surface area contributed by atoms with Gasteiger partial charge in [0.15, 0.2) is 5.82 Å². The van der Waals surface area contributed by atoms with Gasteiger partial charge < -0.3 is 10.4 Å². The van der Waals surface area contributed by atoms with E-state index in [4.69, 9.17) is 5.11 Å². The number of carboxylic acid groups (broad SMARTS) is 1. The van der Waals surface area contributed by atoms with E-state index in [-0.39, 0.29) is 12.1 Å². The number of rotatable bonds is 4. The topological polar surface area (TPSA) is 114 Å². The highest BCUT2D eigenvalue weighted by molar-refractivity contribution is 6.17. The maximum absolute atomic E-state index is 13.0. The number of aromatic nitrogens is 2. The molecule has 2 aromatic carbocycles. The molecule has 134 valence electrons. The van der Waals surface area contributed by atoms with E-state index >= 15 is 0 Å². The zero-order valence-electron chi connectivity index (χ0n) is 14.0. The molecule has 1 aliphatic heterocycles. The normalized spacial score (nSPS) is 13.4. The molecule has 2 N–H and O–H groups in total. The highest BCUT2D eigenvalue weighted by atomic mass is 16.4. The van der Waals surface area contributed by atoms with Gasteiger partial charge in [0.1, 0.15) is 18.8 Å². The Morgan fingerprint density at radius 2 is 1.85 bits per heavy atom. The van der Waals surface area contributed by atoms with Crippen LogP contribution in [0.1, 0.15) is 11.4 Å². The summed E-state index contributed by atoms with van der Waals surface area (Å²) in [7, 11) is 0. The molecule has 0 unspecified atom stereocenters. The van der Waals surface area contributed by atoms with Crippen LogP contribution in [0.4, 0.5) is 0 Å². The lowest BCUT2D eigenvalue weighted by Crippen LogP contribution is -2.31. The minimum absolute atomic E-state index is 0.205. The minimum Gasteiger partial charge on any atom is -0.480 e. The lowest BCUT2D eigenvalue weighted by molar-refractivity contribution is -0.137. The van der Waals surface area contributed by atoms with Crippen molar-refractivity contribution in [1.82, 2.24) is 14.9 Å². The Bertz CT molecular complexity index is 1180. The van der Waals surface area contributed by atoms with Crippen LogP contribution in [0.15, 0.2) is 58.3 Å². The van der Waals surface area contributed by atoms with Gasteiger partial charge in [-0.3, -0.25) is 23.9 Å². The van der Waals surface area contributed by atoms with Gasteiger partial charge in [0, 0.05) is 5.56 Å². The second-order valence-electron chi connectivity index (χ2n) is 5.95. The molecule has 2 heterocycles. The van der Waals surface area contributed by atoms with E-state index in [1.807, 2.05) is 18.2 Å². The molecular weight excluding hydrogens is 348 g/mol. The average Bonchev–Trinajstić information content (AvgIpc) is 2.98. The average molecular weight is 362 g/mol. The molecule has 1 aliphatic rings. The summed E-state index contributed by atoms with van der Waals surface area (Å²) >= 11 is 0. The number of aliphatic imine (C=N–C) groups is 1. The van der Waals surface area contributed by atoms with Crippen LogP contribution in [0.3, 0.4) is 0 Å². The van der Waals surface area contributed by atoms with E-state index in [1.54, 1.807) is 30.3 Å². The Kier molecular flexibility index (Phi) is 4.00. The van der Waals surface area contributed by atoms with Gasteiger partial charge >= 0.3 is 5.97 Å². The molecule has 0 atom stereocenters. The molecule has 27 heavy (non-hydrogen) atoms. The molecule has 8 heteroatoms. The van der Waals surface area contributed by atoms with Crippen molar-refractivity contribution >= 4 is 28.5 Å². The Labute approximate surface area is 152 Å². The van der Waals surface area contributed by atoms with Crippen LogP contribution in [0.25, 0.3) is 16.6 Å². The molecular formula is C19H14N4O4. The van der Waals surface area contributed by atoms with Gasteiger partial charge in [0.25, 0.3) is 5.56 Å². The number of carbonyl (C=O) groups excluding carboxylic acids is 1. The summed E-state index contributed by atoms with van der Waals surface area (Å²) in [6, 6.07) is 14.3. The van der Waals surface area contributed by atoms with Gasteiger partial charge in [-0.25, -0.2) is 4.98 Å². The van der Waals surface area contributed by atoms with Crippen LogP contribution in [-0.2, 0) is 9.59 Å². The molecule has 0 spiro atoms. The predicted octanol–water partition coefficient (Wildman–Crippen LogP) is 0.737. The number of hydrogen-bond donors (Lipinski definition) is 2. The maximum atomic E-state index is 13.0. The van der Waals surface area contributed by atoms with Crippen LogP contribution in [0.2, 0.25) is 0 Å². The number of hydrogen-bond acceptors (Lipinski definition) is 5. The predicted molar refractivity (Wildman–Crippen MR) is 98.5 cm³/mol. The minimum atomic E-state index is -1.13. The molecule has 8 nitrogen and oxygen atoms in total. The van der Waals surface area contributed by atoms with Crippen LogP contribution in [0.5, 0.6) is 0 Å². The van der Waals surface area contributed by atoms with E-state index in [9.17, 15) is 14.4 Å². The molecule has 3 aromatic rings. The second kappa shape index (κ2) is 6.49. The Morgan fingerprint density at radius 1 is 1.11 bits per heavy atom. The summed E-state index contributed by atoms with van der Waals surface area (Å²) in [6.45, 7) is -0.737. The van der Waals surface area contributed by atoms with Gasteiger partial charge in [-0.05, 0) is 18.2 Å². The van der Waals surface area contributed by atoms with Crippen LogP contribution >= 0.6 is 0 Å². The first-order chi connectivity index (χ1) is 13.1. The van der Waals surface area contributed by atoms with E-state index < -0.39 is 18.4 Å². The monoisotopic (exact) mass is 362 g/mol. The van der Waals surface area contributed by atoms with E-state index in [0.717, 1.165) is 0 Å². The number of aliphatic carboxylic acids is 1. The molecule has 0 fully saturated rings. The Morgan fingerprint density at radius 3 is 2.67 bits per heavy atom. The molecule has 0 aliphatic carbocycles. The lowest BCUT2D eigenvalue weighted by Gasteiger charge is -2.05. The third-order valence-corrected chi connectivity index (χ3v) is 4.21. The number of benzene rings is 2. The van der Waals surface area contributed by atoms with Crippen molar-refractivity contribution in [2.45, 2.75) is 0 Å². The third-order valence-electron chi connectivity index (χ3n) is 4.21. The van der Waals surface area contributed by atoms with Gasteiger partial charge in [-0.1, -0.05) is 30.3 Å². The fourth-order valence-electron chi connectivity index (χ4n) is 3.04. The summed E-state index contributed by atoms with van der Waals surface area (Å²) in [4.78, 5) is 44.3. The first kappa shape index (κ1) is 16.6. The first-order valence-corrected chi connectivity index (χ1v) is 8.21. The van der Waals surface area contributed by atoms with Crippen molar-refractivity contribution in [3.8, 4) is 5.69 Å². The second-order valence-corrected chi connectivity index (χ2v) is 5.95. The summed E-state index contributed by atoms with van der Waals surface area (Å²) in [6.07, 6.45) is 0. The molecule has 0 radical (unpaired) electrons. The van der Waals surface area contributed by atoms with Crippen LogP contribution in [-0.4, -0.2) is 45.3 Å². The zero-order chi connectivity index (χ0) is 19.0. The van der Waals surface area contributed by atoms with Crippen molar-refractivity contribution < 1.29 is 14.7 Å². The number of carbonyl (C=O) groups is 2. The summed E-state index contributed by atoms with van der Waals surface area (Å²) in [5, 5.41) is 11.4. The fourth-order valence-corrected chi connectivity index (χ4v) is 3.04. The van der Waals surface area contributed by atoms with Crippen molar-refractivity contribution in [3.63, 3.8) is 0 Å². The number of para-hydroxylation sites is 2. The molecule has 1 aromatic heterocycles. The van der Waals surface area contributed by atoms with Crippen LogP contribution < -0.4 is 10.9 Å². The quantitative estimate of drug-likeness (QED) is 0.556. The van der Waals surface area contributed by atoms with E-state index in [1.165, 1.54) is 4.57 Å². The Hall–Kier alpha value is -3.81. The standard InChI is InChI=1S/C19H14N4O4/c24-15(20-10-16(25)26)9-21-17-12-6-2-4-8-14(12)23-18(17)22-13-7-3-1-5-11(13)19(23)27/h1-8H,9-10H2,(H,20,24)(H,25,26). The fraction of sp³-hybridized carbons (Fsp3) is 0.105. The summed E-state index contributed by atoms with van der Waals surface area (Å²) in [5.41, 5.74) is 2.12. The first-order valence-electron chi connectivity index (χ1n) is 8.21. The highest BCUT2D eigenvalue weighted by Gasteiger charge is 2.28. The van der Waals surface area contributed by atoms with Crippen molar-refractivity contribution in [1.29, 1.82) is 0 Å². The molecule has 0 bridgehead atoms. The SMILES string of the molecule is O=C(O)CNC(=O)CN=C1c2ccccc2-n2c1nc1ccccc1c2=O. The van der Waals surface area contributed by atoms with E-state index in [2.05, 4.69) is 15.3 Å². The van der Waals surface area contributed by atoms with Crippen molar-refractivity contribution in [2.24, 2.45) is 4.99 Å². The molecule has 1 amide bonds. The number of amides is 1. The largest absolute Gasteiger partial charge is 0.480 e. The Balaban J connectivity index is 1.83. The van der Waals surface area contributed by atoms with Crippen molar-refractivity contribution in [2.75, 3.05) is 13.1 Å².